The van der Waals surface area contributed by atoms with Crippen molar-refractivity contribution in [3.05, 3.63) is 46.2 Å². The van der Waals surface area contributed by atoms with Crippen LogP contribution < -0.4 is 30.2 Å². The van der Waals surface area contributed by atoms with Gasteiger partial charge in [0.15, 0.2) is 31.3 Å². The van der Waals surface area contributed by atoms with E-state index in [0.29, 0.717) is 42.1 Å². The second kappa shape index (κ2) is 10.7. The van der Waals surface area contributed by atoms with E-state index >= 15 is 0 Å². The third-order valence-corrected chi connectivity index (χ3v) is 7.90. The normalized spacial score (nSPS) is 25.1. The Kier molecular flexibility index (Phi) is 7.49. The van der Waals surface area contributed by atoms with Crippen molar-refractivity contribution in [3.63, 3.8) is 0 Å². The largest absolute Gasteiger partial charge is 0.484 e. The van der Waals surface area contributed by atoms with Crippen LogP contribution in [0.4, 0.5) is 10.1 Å². The Labute approximate surface area is 233 Å². The van der Waals surface area contributed by atoms with Gasteiger partial charge in [-0.15, -0.1) is 0 Å². The predicted octanol–water partition coefficient (Wildman–Crippen LogP) is 2.97. The van der Waals surface area contributed by atoms with E-state index in [0.717, 1.165) is 6.07 Å². The lowest BCUT2D eigenvalue weighted by Gasteiger charge is -2.56. The van der Waals surface area contributed by atoms with Gasteiger partial charge in [-0.25, -0.2) is 4.39 Å². The van der Waals surface area contributed by atoms with Gasteiger partial charge in [-0.2, -0.15) is 0 Å². The second-order valence-electron chi connectivity index (χ2n) is 10.0. The summed E-state index contributed by atoms with van der Waals surface area (Å²) >= 11 is 11.8. The van der Waals surface area contributed by atoms with Crippen LogP contribution >= 0.6 is 23.2 Å². The molecule has 0 saturated heterocycles. The van der Waals surface area contributed by atoms with Gasteiger partial charge in [0.05, 0.1) is 22.4 Å². The molecule has 1 aliphatic heterocycles. The van der Waals surface area contributed by atoms with Crippen molar-refractivity contribution >= 4 is 46.6 Å². The maximum absolute atomic E-state index is 13.6. The maximum Gasteiger partial charge on any atom is 0.262 e. The molecule has 10 nitrogen and oxygen atoms in total. The van der Waals surface area contributed by atoms with Gasteiger partial charge in [-0.3, -0.25) is 14.4 Å². The van der Waals surface area contributed by atoms with Gasteiger partial charge in [0.1, 0.15) is 11.6 Å². The summed E-state index contributed by atoms with van der Waals surface area (Å²) in [4.78, 5) is 37.0. The SMILES string of the molecule is O=C1COc2c(cc(Cl)cc2OCC(=O)NC23CCC(NC(=O)COc4ccc(Cl)c(F)c4)(CC2)C(O)C3)N1. The number of ether oxygens (including phenoxy) is 3. The lowest BCUT2D eigenvalue weighted by molar-refractivity contribution is -0.137. The zero-order valence-electron chi connectivity index (χ0n) is 20.7. The zero-order chi connectivity index (χ0) is 27.8. The van der Waals surface area contributed by atoms with Crippen LogP contribution in [-0.2, 0) is 14.4 Å². The molecule has 39 heavy (non-hydrogen) atoms. The van der Waals surface area contributed by atoms with Crippen LogP contribution in [0.1, 0.15) is 32.1 Å². The molecule has 0 radical (unpaired) electrons. The molecular weight excluding hydrogens is 556 g/mol. The number of carbonyl (C=O) groups is 3. The Morgan fingerprint density at radius 1 is 1.08 bits per heavy atom. The van der Waals surface area contributed by atoms with Crippen molar-refractivity contribution in [1.82, 2.24) is 10.6 Å². The number of rotatable bonds is 8. The van der Waals surface area contributed by atoms with Crippen molar-refractivity contribution in [3.8, 4) is 17.2 Å². The maximum atomic E-state index is 13.6. The molecule has 2 aromatic rings. The number of hydrogen-bond acceptors (Lipinski definition) is 7. The molecule has 3 fully saturated rings. The number of amides is 3. The molecule has 13 heteroatoms. The summed E-state index contributed by atoms with van der Waals surface area (Å²) in [6.45, 7) is -0.857. The molecule has 4 aliphatic rings. The van der Waals surface area contributed by atoms with E-state index in [9.17, 15) is 23.9 Å². The standard InChI is InChI=1S/C26H26Cl2FN3O7/c27-14-7-18-24(39-11-21(34)30-18)19(8-14)38-13-22(35)31-25-3-5-26(6-4-25,20(33)10-25)32-23(36)12-37-15-1-2-16(28)17(29)9-15/h1-2,7-9,20,33H,3-6,10-13H2,(H,30,34)(H,31,35)(H,32,36). The lowest BCUT2D eigenvalue weighted by atomic mass is 9.60. The number of nitrogens with one attached hydrogen (secondary N) is 3. The Morgan fingerprint density at radius 3 is 2.51 bits per heavy atom. The molecule has 1 unspecified atom stereocenters. The van der Waals surface area contributed by atoms with Gasteiger partial charge in [-0.1, -0.05) is 23.2 Å². The number of fused-ring (bicyclic) bond motifs is 4. The highest BCUT2D eigenvalue weighted by molar-refractivity contribution is 6.31. The fourth-order valence-corrected chi connectivity index (χ4v) is 5.73. The number of aliphatic hydroxyl groups is 1. The predicted molar refractivity (Wildman–Crippen MR) is 139 cm³/mol. The third kappa shape index (κ3) is 5.85. The first-order chi connectivity index (χ1) is 18.6. The molecule has 6 rings (SSSR count). The van der Waals surface area contributed by atoms with Gasteiger partial charge in [-0.05, 0) is 50.3 Å². The van der Waals surface area contributed by atoms with E-state index < -0.39 is 34.8 Å². The van der Waals surface area contributed by atoms with Crippen LogP contribution in [0.3, 0.4) is 0 Å². The molecule has 3 aliphatic carbocycles. The van der Waals surface area contributed by atoms with E-state index in [4.69, 9.17) is 37.4 Å². The Hall–Kier alpha value is -3.28. The van der Waals surface area contributed by atoms with Crippen LogP contribution in [0.5, 0.6) is 17.2 Å². The monoisotopic (exact) mass is 581 g/mol. The van der Waals surface area contributed by atoms with Crippen LogP contribution in [0.15, 0.2) is 30.3 Å². The summed E-state index contributed by atoms with van der Waals surface area (Å²) < 4.78 is 30.1. The molecular formula is C26H26Cl2FN3O7. The minimum absolute atomic E-state index is 0.0484. The van der Waals surface area contributed by atoms with E-state index in [2.05, 4.69) is 16.0 Å². The van der Waals surface area contributed by atoms with Crippen molar-refractivity contribution in [2.75, 3.05) is 25.1 Å². The number of hydrogen-bond donors (Lipinski definition) is 4. The second-order valence-corrected chi connectivity index (χ2v) is 10.9. The van der Waals surface area contributed by atoms with Crippen molar-refractivity contribution < 1.29 is 38.1 Å². The van der Waals surface area contributed by atoms with Crippen LogP contribution in [0.2, 0.25) is 10.0 Å². The van der Waals surface area contributed by atoms with Gasteiger partial charge < -0.3 is 35.3 Å². The highest BCUT2D eigenvalue weighted by atomic mass is 35.5. The average molecular weight is 582 g/mol. The van der Waals surface area contributed by atoms with E-state index in [1.165, 1.54) is 24.3 Å². The van der Waals surface area contributed by atoms with Crippen molar-refractivity contribution in [1.29, 1.82) is 0 Å². The first kappa shape index (κ1) is 27.3. The number of halogens is 3. The van der Waals surface area contributed by atoms with Gasteiger partial charge in [0.2, 0.25) is 0 Å². The first-order valence-corrected chi connectivity index (χ1v) is 13.1. The highest BCUT2D eigenvalue weighted by Gasteiger charge is 2.55. The fraction of sp³-hybridized carbons (Fsp3) is 0.423. The quantitative estimate of drug-likeness (QED) is 0.376. The van der Waals surface area contributed by atoms with Gasteiger partial charge in [0, 0.05) is 22.7 Å². The molecule has 0 aromatic heterocycles. The Balaban J connectivity index is 1.14. The molecule has 208 valence electrons. The lowest BCUT2D eigenvalue weighted by Crippen LogP contribution is -2.70. The minimum atomic E-state index is -0.893. The topological polar surface area (TPSA) is 135 Å². The number of aliphatic hydroxyl groups excluding tert-OH is 1. The molecule has 4 N–H and O–H groups in total. The van der Waals surface area contributed by atoms with Crippen LogP contribution in [-0.4, -0.2) is 59.8 Å². The van der Waals surface area contributed by atoms with Crippen molar-refractivity contribution in [2.24, 2.45) is 0 Å². The van der Waals surface area contributed by atoms with E-state index in [-0.39, 0.29) is 48.7 Å². The fourth-order valence-electron chi connectivity index (χ4n) is 5.41. The van der Waals surface area contributed by atoms with Crippen LogP contribution in [0, 0.1) is 5.82 Å². The molecule has 2 aromatic carbocycles. The minimum Gasteiger partial charge on any atom is -0.484 e. The summed E-state index contributed by atoms with van der Waals surface area (Å²) in [6, 6.07) is 6.92. The molecule has 0 spiro atoms. The zero-order valence-corrected chi connectivity index (χ0v) is 22.2. The molecule has 3 amide bonds. The summed E-state index contributed by atoms with van der Waals surface area (Å²) in [5.74, 6) is -1.13. The van der Waals surface area contributed by atoms with Crippen LogP contribution in [0.25, 0.3) is 0 Å². The van der Waals surface area contributed by atoms with Crippen molar-refractivity contribution in [2.45, 2.75) is 49.3 Å². The number of benzene rings is 2. The highest BCUT2D eigenvalue weighted by Crippen LogP contribution is 2.47. The van der Waals surface area contributed by atoms with E-state index in [1.807, 2.05) is 0 Å². The molecule has 1 heterocycles. The summed E-state index contributed by atoms with van der Waals surface area (Å²) in [7, 11) is 0. The van der Waals surface area contributed by atoms with Gasteiger partial charge in [0.25, 0.3) is 17.7 Å². The first-order valence-electron chi connectivity index (χ1n) is 12.3. The average Bonchev–Trinajstić information content (AvgIpc) is 2.88. The molecule has 1 atom stereocenters. The van der Waals surface area contributed by atoms with Gasteiger partial charge >= 0.3 is 0 Å². The number of carbonyl (C=O) groups excluding carboxylic acids is 3. The third-order valence-electron chi connectivity index (χ3n) is 7.38. The van der Waals surface area contributed by atoms with E-state index in [1.54, 1.807) is 0 Å². The molecule has 3 saturated carbocycles. The Morgan fingerprint density at radius 2 is 1.79 bits per heavy atom. The summed E-state index contributed by atoms with van der Waals surface area (Å²) in [5, 5.41) is 19.7. The summed E-state index contributed by atoms with van der Waals surface area (Å²) in [5.41, 5.74) is -1.11. The Bertz CT molecular complexity index is 1320. The molecule has 2 bridgehead atoms. The smallest absolute Gasteiger partial charge is 0.262 e. The number of anilines is 1. The summed E-state index contributed by atoms with van der Waals surface area (Å²) in [6.07, 6.45) is 1.35.